The molecule has 5 nitrogen and oxygen atoms in total. The molecule has 0 fully saturated rings. The van der Waals surface area contributed by atoms with E-state index in [0.717, 1.165) is 4.88 Å². The monoisotopic (exact) mass is 282 g/mol. The summed E-state index contributed by atoms with van der Waals surface area (Å²) in [5.74, 6) is 5.62. The average Bonchev–Trinajstić information content (AvgIpc) is 2.83. The normalized spacial score (nSPS) is 9.79. The Balaban J connectivity index is 2.33. The van der Waals surface area contributed by atoms with E-state index in [4.69, 9.17) is 9.84 Å². The number of nitrogens with zero attached hydrogens (tertiary/aromatic N) is 1. The van der Waals surface area contributed by atoms with Crippen molar-refractivity contribution in [3.8, 4) is 11.8 Å². The number of aliphatic hydroxyl groups is 1. The number of hydrogen-bond acceptors (Lipinski definition) is 5. The summed E-state index contributed by atoms with van der Waals surface area (Å²) in [7, 11) is 0. The predicted octanol–water partition coefficient (Wildman–Crippen LogP) is 1.63. The van der Waals surface area contributed by atoms with Crippen LogP contribution in [0.25, 0.3) is 0 Å². The third kappa shape index (κ3) is 6.91. The Morgan fingerprint density at radius 3 is 3.21 bits per heavy atom. The summed E-state index contributed by atoms with van der Waals surface area (Å²) >= 11 is 1.33. The minimum absolute atomic E-state index is 0.0508. The highest BCUT2D eigenvalue weighted by molar-refractivity contribution is 7.16. The van der Waals surface area contributed by atoms with Gasteiger partial charge in [0.15, 0.2) is 5.13 Å². The molecular weight excluding hydrogens is 264 g/mol. The number of aliphatic hydroxyl groups excluding tert-OH is 1. The van der Waals surface area contributed by atoms with E-state index in [-0.39, 0.29) is 12.5 Å². The molecule has 2 N–H and O–H groups in total. The van der Waals surface area contributed by atoms with E-state index >= 15 is 0 Å². The van der Waals surface area contributed by atoms with Crippen LogP contribution in [0.1, 0.15) is 31.1 Å². The number of amides is 1. The average molecular weight is 282 g/mol. The maximum atomic E-state index is 11.6. The molecule has 104 valence electrons. The molecule has 1 rings (SSSR count). The van der Waals surface area contributed by atoms with Gasteiger partial charge in [-0.3, -0.25) is 4.79 Å². The van der Waals surface area contributed by atoms with Gasteiger partial charge >= 0.3 is 0 Å². The quantitative estimate of drug-likeness (QED) is 0.589. The number of hydrogen-bond donors (Lipinski definition) is 2. The van der Waals surface area contributed by atoms with Crippen molar-refractivity contribution in [1.29, 1.82) is 0 Å². The van der Waals surface area contributed by atoms with Gasteiger partial charge in [0.1, 0.15) is 0 Å². The van der Waals surface area contributed by atoms with E-state index in [1.165, 1.54) is 11.3 Å². The smallest absolute Gasteiger partial charge is 0.226 e. The standard InChI is InChI=1S/C13H18N2O3S/c1-2-18-9-5-7-12(17)15-13-14-10-11(19-13)6-3-4-8-16/h10,16H,2,4-5,7-9H2,1H3,(H,14,15,17). The lowest BCUT2D eigenvalue weighted by molar-refractivity contribution is -0.116. The van der Waals surface area contributed by atoms with Crippen molar-refractivity contribution in [3.63, 3.8) is 0 Å². The second-order valence-corrected chi connectivity index (χ2v) is 4.68. The van der Waals surface area contributed by atoms with Crippen LogP contribution in [0.2, 0.25) is 0 Å². The SMILES string of the molecule is CCOCCCC(=O)Nc1ncc(C#CCCO)s1. The van der Waals surface area contributed by atoms with Crippen LogP contribution in [0.3, 0.4) is 0 Å². The maximum absolute atomic E-state index is 11.6. The van der Waals surface area contributed by atoms with Crippen LogP contribution in [-0.4, -0.2) is 35.8 Å². The first kappa shape index (κ1) is 15.6. The summed E-state index contributed by atoms with van der Waals surface area (Å²) in [6.45, 7) is 3.24. The van der Waals surface area contributed by atoms with E-state index in [1.807, 2.05) is 6.92 Å². The Bertz CT molecular complexity index is 448. The minimum atomic E-state index is -0.0658. The Kier molecular flexibility index (Phi) is 7.82. The van der Waals surface area contributed by atoms with Gasteiger partial charge in [-0.15, -0.1) is 0 Å². The zero-order chi connectivity index (χ0) is 13.9. The Hall–Kier alpha value is -1.42. The number of thiazole rings is 1. The zero-order valence-electron chi connectivity index (χ0n) is 10.9. The summed E-state index contributed by atoms with van der Waals surface area (Å²) in [4.78, 5) is 16.4. The largest absolute Gasteiger partial charge is 0.395 e. The van der Waals surface area contributed by atoms with Crippen molar-refractivity contribution >= 4 is 22.4 Å². The lowest BCUT2D eigenvalue weighted by atomic mass is 10.3. The van der Waals surface area contributed by atoms with Crippen LogP contribution in [-0.2, 0) is 9.53 Å². The van der Waals surface area contributed by atoms with Crippen molar-refractivity contribution in [2.75, 3.05) is 25.1 Å². The van der Waals surface area contributed by atoms with Gasteiger partial charge in [0.2, 0.25) is 5.91 Å². The van der Waals surface area contributed by atoms with Gasteiger partial charge in [0.05, 0.1) is 17.7 Å². The maximum Gasteiger partial charge on any atom is 0.226 e. The third-order valence-corrected chi connectivity index (χ3v) is 2.93. The van der Waals surface area contributed by atoms with Gasteiger partial charge in [-0.2, -0.15) is 0 Å². The molecule has 0 aromatic carbocycles. The first-order valence-electron chi connectivity index (χ1n) is 6.19. The number of nitrogens with one attached hydrogen (secondary N) is 1. The Morgan fingerprint density at radius 2 is 2.47 bits per heavy atom. The summed E-state index contributed by atoms with van der Waals surface area (Å²) in [5.41, 5.74) is 0. The van der Waals surface area contributed by atoms with E-state index in [2.05, 4.69) is 22.1 Å². The molecule has 0 aliphatic carbocycles. The molecule has 1 heterocycles. The molecule has 0 saturated heterocycles. The van der Waals surface area contributed by atoms with Crippen molar-refractivity contribution in [2.24, 2.45) is 0 Å². The fraction of sp³-hybridized carbons (Fsp3) is 0.538. The molecule has 0 radical (unpaired) electrons. The van der Waals surface area contributed by atoms with Gasteiger partial charge in [-0.05, 0) is 13.3 Å². The number of carbonyl (C=O) groups excluding carboxylic acids is 1. The van der Waals surface area contributed by atoms with Gasteiger partial charge < -0.3 is 15.2 Å². The van der Waals surface area contributed by atoms with Crippen molar-refractivity contribution in [3.05, 3.63) is 11.1 Å². The second kappa shape index (κ2) is 9.50. The van der Waals surface area contributed by atoms with Crippen LogP contribution in [0.4, 0.5) is 5.13 Å². The van der Waals surface area contributed by atoms with Crippen LogP contribution < -0.4 is 5.32 Å². The predicted molar refractivity (Wildman–Crippen MR) is 75.1 cm³/mol. The van der Waals surface area contributed by atoms with E-state index in [9.17, 15) is 4.79 Å². The molecule has 0 spiro atoms. The number of rotatable bonds is 7. The molecule has 0 unspecified atom stereocenters. The first-order valence-corrected chi connectivity index (χ1v) is 7.01. The lowest BCUT2D eigenvalue weighted by Crippen LogP contribution is -2.11. The molecule has 0 aliphatic heterocycles. The third-order valence-electron chi connectivity index (χ3n) is 2.10. The van der Waals surface area contributed by atoms with Crippen molar-refractivity contribution < 1.29 is 14.6 Å². The zero-order valence-corrected chi connectivity index (χ0v) is 11.8. The van der Waals surface area contributed by atoms with Crippen molar-refractivity contribution in [2.45, 2.75) is 26.2 Å². The highest BCUT2D eigenvalue weighted by Crippen LogP contribution is 2.17. The summed E-state index contributed by atoms with van der Waals surface area (Å²) in [6, 6.07) is 0. The summed E-state index contributed by atoms with van der Waals surface area (Å²) < 4.78 is 5.16. The minimum Gasteiger partial charge on any atom is -0.395 e. The second-order valence-electron chi connectivity index (χ2n) is 3.65. The number of ether oxygens (including phenoxy) is 1. The fourth-order valence-corrected chi connectivity index (χ4v) is 1.96. The van der Waals surface area contributed by atoms with E-state index in [0.29, 0.717) is 37.6 Å². The first-order chi connectivity index (χ1) is 9.26. The van der Waals surface area contributed by atoms with E-state index in [1.54, 1.807) is 6.20 Å². The lowest BCUT2D eigenvalue weighted by Gasteiger charge is -2.01. The molecule has 19 heavy (non-hydrogen) atoms. The highest BCUT2D eigenvalue weighted by Gasteiger charge is 2.05. The fourth-order valence-electron chi connectivity index (χ4n) is 1.26. The summed E-state index contributed by atoms with van der Waals surface area (Å²) in [6.07, 6.45) is 3.18. The van der Waals surface area contributed by atoms with Crippen molar-refractivity contribution in [1.82, 2.24) is 4.98 Å². The van der Waals surface area contributed by atoms with Gasteiger partial charge in [-0.1, -0.05) is 23.2 Å². The van der Waals surface area contributed by atoms with Crippen LogP contribution >= 0.6 is 11.3 Å². The van der Waals surface area contributed by atoms with Crippen LogP contribution in [0, 0.1) is 11.8 Å². The topological polar surface area (TPSA) is 71.5 Å². The molecule has 1 aromatic rings. The Labute approximate surface area is 117 Å². The summed E-state index contributed by atoms with van der Waals surface area (Å²) in [5, 5.41) is 11.9. The van der Waals surface area contributed by atoms with Gasteiger partial charge in [-0.25, -0.2) is 4.98 Å². The van der Waals surface area contributed by atoms with Crippen LogP contribution in [0.5, 0.6) is 0 Å². The molecule has 0 aliphatic rings. The number of aromatic nitrogens is 1. The van der Waals surface area contributed by atoms with Crippen LogP contribution in [0.15, 0.2) is 6.20 Å². The Morgan fingerprint density at radius 1 is 1.63 bits per heavy atom. The molecular formula is C13H18N2O3S. The molecule has 1 amide bonds. The molecule has 1 aromatic heterocycles. The van der Waals surface area contributed by atoms with Gasteiger partial charge in [0.25, 0.3) is 0 Å². The molecule has 0 atom stereocenters. The molecule has 6 heteroatoms. The molecule has 0 bridgehead atoms. The van der Waals surface area contributed by atoms with E-state index < -0.39 is 0 Å². The number of anilines is 1. The highest BCUT2D eigenvalue weighted by atomic mass is 32.1. The number of carbonyl (C=O) groups is 1. The molecule has 0 saturated carbocycles. The van der Waals surface area contributed by atoms with Gasteiger partial charge in [0, 0.05) is 26.1 Å².